The zero-order valence-corrected chi connectivity index (χ0v) is 14.7. The lowest BCUT2D eigenvalue weighted by atomic mass is 10.0. The lowest BCUT2D eigenvalue weighted by Crippen LogP contribution is -2.52. The van der Waals surface area contributed by atoms with Crippen molar-refractivity contribution in [3.8, 4) is 6.07 Å². The fourth-order valence-corrected chi connectivity index (χ4v) is 4.65. The molecule has 0 spiro atoms. The van der Waals surface area contributed by atoms with Gasteiger partial charge in [-0.25, -0.2) is 0 Å². The van der Waals surface area contributed by atoms with Gasteiger partial charge in [-0.15, -0.1) is 0 Å². The number of piperidine rings is 1. The number of amides is 1. The van der Waals surface area contributed by atoms with Crippen LogP contribution in [0.5, 0.6) is 0 Å². The molecule has 2 atom stereocenters. The highest BCUT2D eigenvalue weighted by Crippen LogP contribution is 2.28. The van der Waals surface area contributed by atoms with Crippen molar-refractivity contribution in [2.75, 3.05) is 37.6 Å². The first-order chi connectivity index (χ1) is 12.3. The second-order valence-electron chi connectivity index (χ2n) is 7.49. The van der Waals surface area contributed by atoms with Crippen molar-refractivity contribution in [1.29, 1.82) is 5.26 Å². The van der Waals surface area contributed by atoms with Crippen molar-refractivity contribution >= 4 is 11.6 Å². The van der Waals surface area contributed by atoms with Gasteiger partial charge in [0.25, 0.3) is 0 Å². The number of nitrogens with zero attached hydrogens (tertiary/aromatic N) is 4. The van der Waals surface area contributed by atoms with Crippen LogP contribution in [0.4, 0.5) is 5.69 Å². The second-order valence-corrected chi connectivity index (χ2v) is 7.49. The monoisotopic (exact) mass is 338 g/mol. The predicted molar refractivity (Wildman–Crippen MR) is 97.3 cm³/mol. The fourth-order valence-electron chi connectivity index (χ4n) is 4.65. The van der Waals surface area contributed by atoms with E-state index < -0.39 is 0 Å². The van der Waals surface area contributed by atoms with Crippen LogP contribution < -0.4 is 4.90 Å². The van der Waals surface area contributed by atoms with Gasteiger partial charge in [0.15, 0.2) is 0 Å². The topological polar surface area (TPSA) is 50.6 Å². The van der Waals surface area contributed by atoms with Gasteiger partial charge in [-0.3, -0.25) is 14.6 Å². The molecule has 3 saturated heterocycles. The van der Waals surface area contributed by atoms with Crippen LogP contribution >= 0.6 is 0 Å². The first-order valence-corrected chi connectivity index (χ1v) is 9.56. The fraction of sp³-hybridized carbons (Fsp3) is 0.600. The van der Waals surface area contributed by atoms with Crippen molar-refractivity contribution in [1.82, 2.24) is 9.80 Å². The number of hydrogen-bond donors (Lipinski definition) is 0. The molecule has 3 aliphatic heterocycles. The minimum absolute atomic E-state index is 0.0287. The molecule has 3 heterocycles. The molecule has 0 N–H and O–H groups in total. The molecule has 3 aliphatic rings. The molecule has 0 aromatic heterocycles. The third-order valence-electron chi connectivity index (χ3n) is 6.01. The minimum Gasteiger partial charge on any atom is -0.311 e. The van der Waals surface area contributed by atoms with E-state index in [4.69, 9.17) is 5.26 Å². The summed E-state index contributed by atoms with van der Waals surface area (Å²) in [5, 5.41) is 8.93. The highest BCUT2D eigenvalue weighted by molar-refractivity contribution is 5.99. The van der Waals surface area contributed by atoms with Crippen LogP contribution in [0.1, 0.15) is 37.7 Å². The van der Waals surface area contributed by atoms with Crippen molar-refractivity contribution in [3.05, 3.63) is 29.8 Å². The quantitative estimate of drug-likeness (QED) is 0.848. The molecule has 0 saturated carbocycles. The Morgan fingerprint density at radius 2 is 1.64 bits per heavy atom. The molecule has 5 heteroatoms. The van der Waals surface area contributed by atoms with Gasteiger partial charge in [0.2, 0.25) is 5.91 Å². The molecule has 1 amide bonds. The van der Waals surface area contributed by atoms with Crippen LogP contribution in [-0.2, 0) is 4.79 Å². The smallest absolute Gasteiger partial charge is 0.244 e. The van der Waals surface area contributed by atoms with E-state index in [2.05, 4.69) is 15.9 Å². The Labute approximate surface area is 149 Å². The van der Waals surface area contributed by atoms with Gasteiger partial charge >= 0.3 is 0 Å². The Hall–Kier alpha value is -1.90. The Morgan fingerprint density at radius 1 is 0.920 bits per heavy atom. The lowest BCUT2D eigenvalue weighted by molar-refractivity contribution is -0.122. The SMILES string of the molecule is N#Cc1ccc(N2CCC(N3CCCC(N4CCCC4)C3)C2=O)cc1. The van der Waals surface area contributed by atoms with Gasteiger partial charge in [-0.2, -0.15) is 5.26 Å². The largest absolute Gasteiger partial charge is 0.311 e. The van der Waals surface area contributed by atoms with Gasteiger partial charge in [0.05, 0.1) is 17.7 Å². The molecule has 1 aromatic carbocycles. The van der Waals surface area contributed by atoms with E-state index in [9.17, 15) is 4.79 Å². The van der Waals surface area contributed by atoms with E-state index in [1.807, 2.05) is 17.0 Å². The maximum absolute atomic E-state index is 13.0. The van der Waals surface area contributed by atoms with Gasteiger partial charge in [-0.1, -0.05) is 0 Å². The van der Waals surface area contributed by atoms with Crippen LogP contribution in [0.25, 0.3) is 0 Å². The number of hydrogen-bond acceptors (Lipinski definition) is 4. The van der Waals surface area contributed by atoms with E-state index in [-0.39, 0.29) is 11.9 Å². The van der Waals surface area contributed by atoms with E-state index >= 15 is 0 Å². The summed E-state index contributed by atoms with van der Waals surface area (Å²) in [7, 11) is 0. The zero-order chi connectivity index (χ0) is 17.2. The maximum atomic E-state index is 13.0. The first kappa shape index (κ1) is 16.6. The number of carbonyl (C=O) groups is 1. The number of anilines is 1. The van der Waals surface area contributed by atoms with Crippen molar-refractivity contribution in [2.45, 2.75) is 44.2 Å². The Kier molecular flexibility index (Phi) is 4.74. The van der Waals surface area contributed by atoms with E-state index in [1.54, 1.807) is 12.1 Å². The third-order valence-corrected chi connectivity index (χ3v) is 6.01. The van der Waals surface area contributed by atoms with E-state index in [0.29, 0.717) is 11.6 Å². The van der Waals surface area contributed by atoms with Crippen LogP contribution in [0.15, 0.2) is 24.3 Å². The summed E-state index contributed by atoms with van der Waals surface area (Å²) in [6, 6.07) is 10.2. The molecule has 2 unspecified atom stereocenters. The Balaban J connectivity index is 1.42. The van der Waals surface area contributed by atoms with E-state index in [1.165, 1.54) is 38.8 Å². The third kappa shape index (κ3) is 3.29. The highest BCUT2D eigenvalue weighted by atomic mass is 16.2. The summed E-state index contributed by atoms with van der Waals surface area (Å²) in [5.41, 5.74) is 1.55. The summed E-state index contributed by atoms with van der Waals surface area (Å²) >= 11 is 0. The van der Waals surface area contributed by atoms with Gasteiger partial charge in [0, 0.05) is 24.8 Å². The Morgan fingerprint density at radius 3 is 2.36 bits per heavy atom. The second kappa shape index (κ2) is 7.15. The van der Waals surface area contributed by atoms with Crippen LogP contribution in [-0.4, -0.2) is 60.5 Å². The van der Waals surface area contributed by atoms with Gasteiger partial charge in [-0.05, 0) is 76.0 Å². The van der Waals surface area contributed by atoms with Crippen LogP contribution in [0.3, 0.4) is 0 Å². The first-order valence-electron chi connectivity index (χ1n) is 9.56. The normalized spacial score (nSPS) is 28.4. The van der Waals surface area contributed by atoms with Crippen molar-refractivity contribution < 1.29 is 4.79 Å². The number of benzene rings is 1. The minimum atomic E-state index is 0.0287. The summed E-state index contributed by atoms with van der Waals surface area (Å²) in [4.78, 5) is 19.9. The van der Waals surface area contributed by atoms with Crippen molar-refractivity contribution in [3.63, 3.8) is 0 Å². The molecule has 0 radical (unpaired) electrons. The molecule has 0 bridgehead atoms. The van der Waals surface area contributed by atoms with Crippen LogP contribution in [0.2, 0.25) is 0 Å². The summed E-state index contributed by atoms with van der Waals surface area (Å²) in [5.74, 6) is 0.228. The molecule has 3 fully saturated rings. The summed E-state index contributed by atoms with van der Waals surface area (Å²) in [6.07, 6.45) is 6.03. The van der Waals surface area contributed by atoms with Gasteiger partial charge < -0.3 is 4.90 Å². The summed E-state index contributed by atoms with van der Waals surface area (Å²) < 4.78 is 0. The number of carbonyl (C=O) groups excluding carboxylic acids is 1. The molecule has 5 nitrogen and oxygen atoms in total. The Bertz CT molecular complexity index is 659. The highest BCUT2D eigenvalue weighted by Gasteiger charge is 2.39. The molecular weight excluding hydrogens is 312 g/mol. The lowest BCUT2D eigenvalue weighted by Gasteiger charge is -2.39. The number of likely N-dealkylation sites (tertiary alicyclic amines) is 2. The van der Waals surface area contributed by atoms with E-state index in [0.717, 1.165) is 31.7 Å². The zero-order valence-electron chi connectivity index (χ0n) is 14.7. The summed E-state index contributed by atoms with van der Waals surface area (Å²) in [6.45, 7) is 5.32. The molecule has 4 rings (SSSR count). The predicted octanol–water partition coefficient (Wildman–Crippen LogP) is 2.22. The molecule has 25 heavy (non-hydrogen) atoms. The number of rotatable bonds is 3. The van der Waals surface area contributed by atoms with Crippen molar-refractivity contribution in [2.24, 2.45) is 0 Å². The molecule has 132 valence electrons. The molecule has 0 aliphatic carbocycles. The molecular formula is C20H26N4O. The maximum Gasteiger partial charge on any atom is 0.244 e. The standard InChI is InChI=1S/C20H26N4O/c21-14-16-5-7-17(8-6-16)24-13-9-19(20(24)25)23-12-3-4-18(15-23)22-10-1-2-11-22/h5-8,18-19H,1-4,9-13,15H2. The van der Waals surface area contributed by atoms with Gasteiger partial charge in [0.1, 0.15) is 0 Å². The average Bonchev–Trinajstić information content (AvgIpc) is 3.32. The number of nitriles is 1. The van der Waals surface area contributed by atoms with Crippen LogP contribution in [0, 0.1) is 11.3 Å². The average molecular weight is 338 g/mol. The molecule has 1 aromatic rings.